The van der Waals surface area contributed by atoms with E-state index in [9.17, 15) is 9.18 Å². The Kier molecular flexibility index (Phi) is 5.82. The predicted molar refractivity (Wildman–Crippen MR) is 105 cm³/mol. The summed E-state index contributed by atoms with van der Waals surface area (Å²) in [5.74, 6) is -0.522. The van der Waals surface area contributed by atoms with E-state index >= 15 is 0 Å². The van der Waals surface area contributed by atoms with E-state index in [2.05, 4.69) is 10.4 Å². The number of carbonyl (C=O) groups is 1. The Labute approximate surface area is 166 Å². The van der Waals surface area contributed by atoms with Crippen LogP contribution in [0.2, 0.25) is 10.0 Å². The van der Waals surface area contributed by atoms with Gasteiger partial charge in [-0.15, -0.1) is 0 Å². The van der Waals surface area contributed by atoms with Crippen molar-refractivity contribution >= 4 is 29.1 Å². The topological polar surface area (TPSA) is 46.9 Å². The van der Waals surface area contributed by atoms with Crippen molar-refractivity contribution in [1.29, 1.82) is 0 Å². The average molecular weight is 406 g/mol. The molecule has 1 heterocycles. The van der Waals surface area contributed by atoms with Gasteiger partial charge in [0.2, 0.25) is 0 Å². The smallest absolute Gasteiger partial charge is 0.255 e. The van der Waals surface area contributed by atoms with E-state index in [1.165, 1.54) is 12.1 Å². The van der Waals surface area contributed by atoms with Crippen molar-refractivity contribution in [1.82, 2.24) is 15.1 Å². The summed E-state index contributed by atoms with van der Waals surface area (Å²) in [6.07, 6.45) is 0.607. The fourth-order valence-corrected chi connectivity index (χ4v) is 3.54. The Balaban J connectivity index is 1.72. The fourth-order valence-electron chi connectivity index (χ4n) is 2.97. The van der Waals surface area contributed by atoms with Crippen molar-refractivity contribution in [2.75, 3.05) is 6.54 Å². The number of nitrogens with one attached hydrogen (secondary N) is 1. The lowest BCUT2D eigenvalue weighted by atomic mass is 10.1. The van der Waals surface area contributed by atoms with Crippen LogP contribution in [-0.4, -0.2) is 22.2 Å². The average Bonchev–Trinajstić information content (AvgIpc) is 2.89. The lowest BCUT2D eigenvalue weighted by Gasteiger charge is -2.08. The molecule has 0 spiro atoms. The SMILES string of the molecule is Cc1nn(-c2ccc(F)cc2)c(C)c1C(=O)NCCc1cc(Cl)cc(Cl)c1. The van der Waals surface area contributed by atoms with Crippen molar-refractivity contribution in [2.45, 2.75) is 20.3 Å². The first-order valence-electron chi connectivity index (χ1n) is 8.40. The van der Waals surface area contributed by atoms with Crippen LogP contribution in [0.4, 0.5) is 4.39 Å². The predicted octanol–water partition coefficient (Wildman–Crippen LogP) is 4.91. The summed E-state index contributed by atoms with van der Waals surface area (Å²) in [4.78, 5) is 12.6. The molecule has 1 N–H and O–H groups in total. The van der Waals surface area contributed by atoms with Crippen LogP contribution in [0.5, 0.6) is 0 Å². The van der Waals surface area contributed by atoms with Crippen LogP contribution in [-0.2, 0) is 6.42 Å². The van der Waals surface area contributed by atoms with E-state index in [1.807, 2.05) is 19.1 Å². The number of aryl methyl sites for hydroxylation is 1. The second-order valence-corrected chi connectivity index (χ2v) is 7.09. The zero-order chi connectivity index (χ0) is 19.6. The van der Waals surface area contributed by atoms with Gasteiger partial charge in [0.15, 0.2) is 0 Å². The molecule has 7 heteroatoms. The first-order chi connectivity index (χ1) is 12.8. The molecule has 0 atom stereocenters. The molecule has 0 aliphatic carbocycles. The molecule has 0 aliphatic heterocycles. The number of rotatable bonds is 5. The largest absolute Gasteiger partial charge is 0.352 e. The maximum absolute atomic E-state index is 13.1. The molecule has 0 radical (unpaired) electrons. The van der Waals surface area contributed by atoms with Gasteiger partial charge in [0.25, 0.3) is 5.91 Å². The van der Waals surface area contributed by atoms with Crippen LogP contribution >= 0.6 is 23.2 Å². The van der Waals surface area contributed by atoms with E-state index in [1.54, 1.807) is 29.8 Å². The minimum atomic E-state index is -0.320. The summed E-state index contributed by atoms with van der Waals surface area (Å²) in [5, 5.41) is 8.45. The van der Waals surface area contributed by atoms with Gasteiger partial charge in [-0.1, -0.05) is 23.2 Å². The number of halogens is 3. The Hall–Kier alpha value is -2.37. The minimum Gasteiger partial charge on any atom is -0.352 e. The van der Waals surface area contributed by atoms with Crippen LogP contribution in [0.15, 0.2) is 42.5 Å². The number of benzene rings is 2. The maximum atomic E-state index is 13.1. The fraction of sp³-hybridized carbons (Fsp3) is 0.200. The molecule has 4 nitrogen and oxygen atoms in total. The normalized spacial score (nSPS) is 10.9. The van der Waals surface area contributed by atoms with E-state index in [0.717, 1.165) is 5.56 Å². The zero-order valence-corrected chi connectivity index (χ0v) is 16.4. The van der Waals surface area contributed by atoms with Gasteiger partial charge < -0.3 is 5.32 Å². The first-order valence-corrected chi connectivity index (χ1v) is 9.16. The van der Waals surface area contributed by atoms with Gasteiger partial charge in [0.05, 0.1) is 22.6 Å². The van der Waals surface area contributed by atoms with Crippen LogP contribution in [0.3, 0.4) is 0 Å². The summed E-state index contributed by atoms with van der Waals surface area (Å²) in [5.41, 5.74) is 3.47. The molecule has 27 heavy (non-hydrogen) atoms. The molecule has 140 valence electrons. The van der Waals surface area contributed by atoms with Gasteiger partial charge in [-0.2, -0.15) is 5.10 Å². The number of carbonyl (C=O) groups excluding carboxylic acids is 1. The number of nitrogens with zero attached hydrogens (tertiary/aromatic N) is 2. The van der Waals surface area contributed by atoms with Crippen molar-refractivity contribution in [3.63, 3.8) is 0 Å². The number of hydrogen-bond acceptors (Lipinski definition) is 2. The molecule has 0 fully saturated rings. The van der Waals surface area contributed by atoms with E-state index < -0.39 is 0 Å². The third-order valence-electron chi connectivity index (χ3n) is 4.21. The van der Waals surface area contributed by atoms with Gasteiger partial charge in [-0.05, 0) is 68.3 Å². The molecular weight excluding hydrogens is 388 g/mol. The summed E-state index contributed by atoms with van der Waals surface area (Å²) < 4.78 is 14.8. The quantitative estimate of drug-likeness (QED) is 0.655. The first kappa shape index (κ1) is 19.4. The zero-order valence-electron chi connectivity index (χ0n) is 14.9. The third-order valence-corrected chi connectivity index (χ3v) is 4.65. The summed E-state index contributed by atoms with van der Waals surface area (Å²) >= 11 is 12.0. The highest BCUT2D eigenvalue weighted by Gasteiger charge is 2.19. The Morgan fingerprint density at radius 3 is 2.37 bits per heavy atom. The maximum Gasteiger partial charge on any atom is 0.255 e. The van der Waals surface area contributed by atoms with Crippen molar-refractivity contribution < 1.29 is 9.18 Å². The van der Waals surface area contributed by atoms with Crippen LogP contribution in [0, 0.1) is 19.7 Å². The minimum absolute atomic E-state index is 0.202. The molecule has 1 aromatic heterocycles. The van der Waals surface area contributed by atoms with Crippen LogP contribution in [0.1, 0.15) is 27.3 Å². The summed E-state index contributed by atoms with van der Waals surface area (Å²) in [6, 6.07) is 11.3. The van der Waals surface area contributed by atoms with Gasteiger partial charge >= 0.3 is 0 Å². The monoisotopic (exact) mass is 405 g/mol. The summed E-state index contributed by atoms with van der Waals surface area (Å²) in [7, 11) is 0. The molecule has 0 aliphatic rings. The van der Waals surface area contributed by atoms with Gasteiger partial charge in [-0.3, -0.25) is 4.79 Å². The van der Waals surface area contributed by atoms with Gasteiger partial charge in [0, 0.05) is 16.6 Å². The van der Waals surface area contributed by atoms with Gasteiger partial charge in [-0.25, -0.2) is 9.07 Å². The number of amides is 1. The Bertz CT molecular complexity index is 963. The van der Waals surface area contributed by atoms with Crippen LogP contribution < -0.4 is 5.32 Å². The standard InChI is InChI=1S/C20H18Cl2FN3O/c1-12-19(13(2)26(25-12)18-5-3-17(23)4-6-18)20(27)24-8-7-14-9-15(21)11-16(22)10-14/h3-6,9-11H,7-8H2,1-2H3,(H,24,27). The van der Waals surface area contributed by atoms with E-state index in [0.29, 0.717) is 45.6 Å². The molecule has 0 bridgehead atoms. The molecule has 3 rings (SSSR count). The Morgan fingerprint density at radius 2 is 1.74 bits per heavy atom. The molecule has 3 aromatic rings. The highest BCUT2D eigenvalue weighted by Crippen LogP contribution is 2.20. The molecule has 2 aromatic carbocycles. The number of aromatic nitrogens is 2. The highest BCUT2D eigenvalue weighted by atomic mass is 35.5. The highest BCUT2D eigenvalue weighted by molar-refractivity contribution is 6.34. The molecule has 0 unspecified atom stereocenters. The van der Waals surface area contributed by atoms with Gasteiger partial charge in [0.1, 0.15) is 5.82 Å². The summed E-state index contributed by atoms with van der Waals surface area (Å²) in [6.45, 7) is 4.03. The van der Waals surface area contributed by atoms with Crippen molar-refractivity contribution in [2.24, 2.45) is 0 Å². The molecule has 1 amide bonds. The third kappa shape index (κ3) is 4.49. The van der Waals surface area contributed by atoms with Crippen molar-refractivity contribution in [3.05, 3.63) is 80.8 Å². The lowest BCUT2D eigenvalue weighted by molar-refractivity contribution is 0.0953. The second kappa shape index (κ2) is 8.11. The van der Waals surface area contributed by atoms with E-state index in [4.69, 9.17) is 23.2 Å². The van der Waals surface area contributed by atoms with Crippen LogP contribution in [0.25, 0.3) is 5.69 Å². The molecule has 0 saturated heterocycles. The lowest BCUT2D eigenvalue weighted by Crippen LogP contribution is -2.26. The van der Waals surface area contributed by atoms with E-state index in [-0.39, 0.29) is 11.7 Å². The second-order valence-electron chi connectivity index (χ2n) is 6.22. The molecular formula is C20H18Cl2FN3O. The Morgan fingerprint density at radius 1 is 1.11 bits per heavy atom. The molecule has 0 saturated carbocycles. The number of hydrogen-bond donors (Lipinski definition) is 1. The van der Waals surface area contributed by atoms with Crippen molar-refractivity contribution in [3.8, 4) is 5.69 Å².